The summed E-state index contributed by atoms with van der Waals surface area (Å²) in [4.78, 5) is 11.3. The lowest BCUT2D eigenvalue weighted by Crippen LogP contribution is -2.03. The molecule has 2 aromatic rings. The van der Waals surface area contributed by atoms with Gasteiger partial charge >= 0.3 is 5.97 Å². The fourth-order valence-electron chi connectivity index (χ4n) is 2.03. The molecule has 0 saturated carbocycles. The molecule has 0 fully saturated rings. The smallest absolute Gasteiger partial charge is 0.336 e. The van der Waals surface area contributed by atoms with Gasteiger partial charge in [-0.2, -0.15) is 0 Å². The van der Waals surface area contributed by atoms with E-state index in [0.29, 0.717) is 22.6 Å². The lowest BCUT2D eigenvalue weighted by molar-refractivity contribution is 0.0697. The van der Waals surface area contributed by atoms with E-state index >= 15 is 0 Å². The van der Waals surface area contributed by atoms with Gasteiger partial charge in [-0.05, 0) is 26.3 Å². The Morgan fingerprint density at radius 1 is 1.29 bits per heavy atom. The molecule has 0 unspecified atom stereocenters. The highest BCUT2D eigenvalue weighted by Crippen LogP contribution is 2.31. The maximum atomic E-state index is 11.3. The van der Waals surface area contributed by atoms with Crippen molar-refractivity contribution in [2.45, 2.75) is 20.8 Å². The highest BCUT2D eigenvalue weighted by Gasteiger charge is 2.19. The molecule has 0 bridgehead atoms. The molecule has 0 aliphatic rings. The summed E-state index contributed by atoms with van der Waals surface area (Å²) in [6.07, 6.45) is 0. The molecule has 0 aliphatic heterocycles. The first kappa shape index (κ1) is 11.4. The van der Waals surface area contributed by atoms with Crippen LogP contribution in [0, 0.1) is 20.8 Å². The highest BCUT2D eigenvalue weighted by molar-refractivity contribution is 5.98. The quantitative estimate of drug-likeness (QED) is 0.863. The predicted molar refractivity (Wildman–Crippen MR) is 63.1 cm³/mol. The molecule has 4 nitrogen and oxygen atoms in total. The molecule has 0 radical (unpaired) electrons. The van der Waals surface area contributed by atoms with Gasteiger partial charge in [0.15, 0.2) is 0 Å². The van der Waals surface area contributed by atoms with E-state index < -0.39 is 5.97 Å². The standard InChI is InChI=1S/C13H13NO3/c1-7-5-4-6-10(11(7)13(15)16)12-8(2)14-17-9(12)3/h4-6H,1-3H3,(H,15,16). The number of hydrogen-bond acceptors (Lipinski definition) is 3. The molecule has 1 aromatic heterocycles. The number of carbonyl (C=O) groups is 1. The van der Waals surface area contributed by atoms with Crippen LogP contribution in [0.15, 0.2) is 22.7 Å². The fourth-order valence-corrected chi connectivity index (χ4v) is 2.03. The minimum atomic E-state index is -0.932. The minimum Gasteiger partial charge on any atom is -0.478 e. The van der Waals surface area contributed by atoms with Gasteiger partial charge in [-0.25, -0.2) is 4.79 Å². The Hall–Kier alpha value is -2.10. The maximum Gasteiger partial charge on any atom is 0.336 e. The molecule has 88 valence electrons. The molecule has 1 heterocycles. The van der Waals surface area contributed by atoms with Crippen molar-refractivity contribution in [2.24, 2.45) is 0 Å². The van der Waals surface area contributed by atoms with E-state index in [4.69, 9.17) is 4.52 Å². The Kier molecular flexibility index (Phi) is 2.71. The second-order valence-corrected chi connectivity index (χ2v) is 4.00. The second kappa shape index (κ2) is 4.05. The third kappa shape index (κ3) is 1.82. The molecule has 4 heteroatoms. The van der Waals surface area contributed by atoms with E-state index in [2.05, 4.69) is 5.16 Å². The molecule has 1 N–H and O–H groups in total. The first-order valence-electron chi connectivity index (χ1n) is 5.28. The van der Waals surface area contributed by atoms with Gasteiger partial charge in [0, 0.05) is 11.1 Å². The van der Waals surface area contributed by atoms with Crippen LogP contribution in [0.25, 0.3) is 11.1 Å². The van der Waals surface area contributed by atoms with Gasteiger partial charge < -0.3 is 9.63 Å². The van der Waals surface area contributed by atoms with Crippen molar-refractivity contribution < 1.29 is 14.4 Å². The molecule has 0 aliphatic carbocycles. The average molecular weight is 231 g/mol. The lowest BCUT2D eigenvalue weighted by Gasteiger charge is -2.08. The predicted octanol–water partition coefficient (Wildman–Crippen LogP) is 2.97. The first-order chi connectivity index (χ1) is 8.02. The summed E-state index contributed by atoms with van der Waals surface area (Å²) in [6, 6.07) is 5.40. The van der Waals surface area contributed by atoms with Crippen molar-refractivity contribution in [3.8, 4) is 11.1 Å². The van der Waals surface area contributed by atoms with Gasteiger partial charge in [0.2, 0.25) is 0 Å². The summed E-state index contributed by atoms with van der Waals surface area (Å²) in [5.74, 6) is -0.297. The summed E-state index contributed by atoms with van der Waals surface area (Å²) < 4.78 is 5.08. The number of carboxylic acid groups (broad SMARTS) is 1. The van der Waals surface area contributed by atoms with Crippen molar-refractivity contribution in [3.05, 3.63) is 40.8 Å². The van der Waals surface area contributed by atoms with Crippen LogP contribution in [0.5, 0.6) is 0 Å². The molecule has 2 rings (SSSR count). The molecule has 0 amide bonds. The third-order valence-corrected chi connectivity index (χ3v) is 2.79. The number of hydrogen-bond donors (Lipinski definition) is 1. The third-order valence-electron chi connectivity index (χ3n) is 2.79. The summed E-state index contributed by atoms with van der Waals surface area (Å²) in [5, 5.41) is 13.1. The Bertz CT molecular complexity index is 565. The Balaban J connectivity index is 2.76. The van der Waals surface area contributed by atoms with Crippen LogP contribution in [0.1, 0.15) is 27.4 Å². The molecule has 0 atom stereocenters. The molecule has 0 saturated heterocycles. The zero-order valence-corrected chi connectivity index (χ0v) is 9.94. The number of benzene rings is 1. The Labute approximate surface area is 98.9 Å². The van der Waals surface area contributed by atoms with E-state index in [0.717, 1.165) is 11.1 Å². The van der Waals surface area contributed by atoms with Crippen molar-refractivity contribution in [1.82, 2.24) is 5.16 Å². The average Bonchev–Trinajstić information content (AvgIpc) is 2.57. The first-order valence-corrected chi connectivity index (χ1v) is 5.28. The topological polar surface area (TPSA) is 63.3 Å². The van der Waals surface area contributed by atoms with Gasteiger partial charge in [-0.1, -0.05) is 23.4 Å². The monoisotopic (exact) mass is 231 g/mol. The Morgan fingerprint density at radius 3 is 2.53 bits per heavy atom. The lowest BCUT2D eigenvalue weighted by atomic mass is 9.95. The van der Waals surface area contributed by atoms with Gasteiger partial charge in [0.1, 0.15) is 5.76 Å². The van der Waals surface area contributed by atoms with Crippen LogP contribution < -0.4 is 0 Å². The minimum absolute atomic E-state index is 0.307. The van der Waals surface area contributed by atoms with Crippen LogP contribution in [-0.4, -0.2) is 16.2 Å². The van der Waals surface area contributed by atoms with Gasteiger partial charge in [0.05, 0.1) is 11.3 Å². The molecular formula is C13H13NO3. The van der Waals surface area contributed by atoms with E-state index in [1.807, 2.05) is 6.07 Å². The normalized spacial score (nSPS) is 10.5. The number of aromatic nitrogens is 1. The number of aromatic carboxylic acids is 1. The molecule has 17 heavy (non-hydrogen) atoms. The number of aryl methyl sites for hydroxylation is 3. The van der Waals surface area contributed by atoms with E-state index in [-0.39, 0.29) is 0 Å². The van der Waals surface area contributed by atoms with E-state index in [9.17, 15) is 9.90 Å². The largest absolute Gasteiger partial charge is 0.478 e. The van der Waals surface area contributed by atoms with Crippen molar-refractivity contribution in [1.29, 1.82) is 0 Å². The van der Waals surface area contributed by atoms with Crippen molar-refractivity contribution in [3.63, 3.8) is 0 Å². The van der Waals surface area contributed by atoms with E-state index in [1.165, 1.54) is 0 Å². The zero-order valence-electron chi connectivity index (χ0n) is 9.94. The molecular weight excluding hydrogens is 218 g/mol. The summed E-state index contributed by atoms with van der Waals surface area (Å²) in [5.41, 5.74) is 3.17. The van der Waals surface area contributed by atoms with Gasteiger partial charge in [-0.3, -0.25) is 0 Å². The van der Waals surface area contributed by atoms with Crippen molar-refractivity contribution in [2.75, 3.05) is 0 Å². The number of nitrogens with zero attached hydrogens (tertiary/aromatic N) is 1. The number of carboxylic acids is 1. The van der Waals surface area contributed by atoms with Crippen LogP contribution in [0.2, 0.25) is 0 Å². The van der Waals surface area contributed by atoms with Crippen LogP contribution in [0.4, 0.5) is 0 Å². The molecule has 1 aromatic carbocycles. The number of rotatable bonds is 2. The van der Waals surface area contributed by atoms with E-state index in [1.54, 1.807) is 32.9 Å². The van der Waals surface area contributed by atoms with Crippen LogP contribution in [-0.2, 0) is 0 Å². The van der Waals surface area contributed by atoms with Gasteiger partial charge in [-0.15, -0.1) is 0 Å². The second-order valence-electron chi connectivity index (χ2n) is 4.00. The summed E-state index contributed by atoms with van der Waals surface area (Å²) in [6.45, 7) is 5.37. The fraction of sp³-hybridized carbons (Fsp3) is 0.231. The highest BCUT2D eigenvalue weighted by atomic mass is 16.5. The van der Waals surface area contributed by atoms with Crippen molar-refractivity contribution >= 4 is 5.97 Å². The summed E-state index contributed by atoms with van der Waals surface area (Å²) >= 11 is 0. The zero-order chi connectivity index (χ0) is 12.6. The molecule has 0 spiro atoms. The van der Waals surface area contributed by atoms with Crippen LogP contribution >= 0.6 is 0 Å². The van der Waals surface area contributed by atoms with Crippen LogP contribution in [0.3, 0.4) is 0 Å². The SMILES string of the molecule is Cc1cccc(-c2c(C)noc2C)c1C(=O)O. The maximum absolute atomic E-state index is 11.3. The summed E-state index contributed by atoms with van der Waals surface area (Å²) in [7, 11) is 0. The van der Waals surface area contributed by atoms with Gasteiger partial charge in [0.25, 0.3) is 0 Å². The Morgan fingerprint density at radius 2 is 2.00 bits per heavy atom.